The molecule has 1 fully saturated rings. The van der Waals surface area contributed by atoms with Gasteiger partial charge in [-0.3, -0.25) is 19.7 Å². The summed E-state index contributed by atoms with van der Waals surface area (Å²) in [6.07, 6.45) is 4.91. The van der Waals surface area contributed by atoms with Crippen molar-refractivity contribution in [2.75, 3.05) is 19.9 Å². The number of fused-ring (bicyclic) bond motifs is 1. The molecule has 0 aliphatic carbocycles. The molecule has 0 bridgehead atoms. The molecule has 2 aliphatic rings. The third-order valence-electron chi connectivity index (χ3n) is 5.75. The minimum atomic E-state index is -0.248. The monoisotopic (exact) mass is 433 g/mol. The van der Waals surface area contributed by atoms with Crippen LogP contribution in [0.25, 0.3) is 11.3 Å². The highest BCUT2D eigenvalue weighted by Gasteiger charge is 2.29. The second-order valence-corrected chi connectivity index (χ2v) is 7.90. The maximum Gasteiger partial charge on any atom is 0.271 e. The van der Waals surface area contributed by atoms with Crippen LogP contribution < -0.4 is 14.8 Å². The van der Waals surface area contributed by atoms with Crippen LogP contribution in [0, 0.1) is 5.92 Å². The number of rotatable bonds is 5. The quantitative estimate of drug-likeness (QED) is 0.639. The van der Waals surface area contributed by atoms with E-state index in [0.29, 0.717) is 42.5 Å². The standard InChI is InChI=1S/C23H23N5O4/c29-22(25-11-15-5-6-20-21(9-15)32-14-31-20)17-4-2-8-28(13-17)23(30)19-10-18(26-27-19)16-3-1-7-24-12-16/h1,3,5-7,9-10,12,17H,2,4,8,11,13-14H2,(H,25,29)(H,26,27)/t17-/m1/s1. The third kappa shape index (κ3) is 4.14. The Kier molecular flexibility index (Phi) is 5.45. The van der Waals surface area contributed by atoms with Crippen molar-refractivity contribution in [3.05, 3.63) is 60.0 Å². The van der Waals surface area contributed by atoms with Crippen LogP contribution in [0.2, 0.25) is 0 Å². The molecule has 2 amide bonds. The Morgan fingerprint density at radius 3 is 2.97 bits per heavy atom. The van der Waals surface area contributed by atoms with Gasteiger partial charge < -0.3 is 19.7 Å². The number of piperidine rings is 1. The Morgan fingerprint density at radius 2 is 2.09 bits per heavy atom. The number of pyridine rings is 1. The van der Waals surface area contributed by atoms with Crippen LogP contribution in [0.4, 0.5) is 0 Å². The van der Waals surface area contributed by atoms with Gasteiger partial charge in [0.1, 0.15) is 5.69 Å². The Labute approximate surface area is 184 Å². The van der Waals surface area contributed by atoms with Gasteiger partial charge in [-0.25, -0.2) is 0 Å². The fraction of sp³-hybridized carbons (Fsp3) is 0.304. The molecule has 9 heteroatoms. The van der Waals surface area contributed by atoms with E-state index in [4.69, 9.17) is 9.47 Å². The van der Waals surface area contributed by atoms with Crippen molar-refractivity contribution in [3.63, 3.8) is 0 Å². The molecule has 1 saturated heterocycles. The first-order chi connectivity index (χ1) is 15.7. The van der Waals surface area contributed by atoms with Crippen molar-refractivity contribution in [2.24, 2.45) is 5.92 Å². The summed E-state index contributed by atoms with van der Waals surface area (Å²) in [6.45, 7) is 1.62. The van der Waals surface area contributed by atoms with E-state index < -0.39 is 0 Å². The number of nitrogens with one attached hydrogen (secondary N) is 2. The Bertz CT molecular complexity index is 1130. The predicted octanol–water partition coefficient (Wildman–Crippen LogP) is 2.37. The zero-order valence-corrected chi connectivity index (χ0v) is 17.4. The maximum atomic E-state index is 13.0. The van der Waals surface area contributed by atoms with Gasteiger partial charge in [-0.2, -0.15) is 5.10 Å². The summed E-state index contributed by atoms with van der Waals surface area (Å²) in [4.78, 5) is 31.5. The van der Waals surface area contributed by atoms with Crippen molar-refractivity contribution < 1.29 is 19.1 Å². The summed E-state index contributed by atoms with van der Waals surface area (Å²) in [7, 11) is 0. The summed E-state index contributed by atoms with van der Waals surface area (Å²) in [6, 6.07) is 11.1. The Morgan fingerprint density at radius 1 is 1.19 bits per heavy atom. The van der Waals surface area contributed by atoms with Crippen molar-refractivity contribution in [1.82, 2.24) is 25.4 Å². The minimum absolute atomic E-state index is 0.0548. The fourth-order valence-electron chi connectivity index (χ4n) is 4.02. The van der Waals surface area contributed by atoms with E-state index in [9.17, 15) is 9.59 Å². The van der Waals surface area contributed by atoms with Crippen LogP contribution in [0.1, 0.15) is 28.9 Å². The zero-order chi connectivity index (χ0) is 21.9. The van der Waals surface area contributed by atoms with Crippen molar-refractivity contribution in [2.45, 2.75) is 19.4 Å². The van der Waals surface area contributed by atoms with E-state index in [1.165, 1.54) is 0 Å². The van der Waals surface area contributed by atoms with Crippen molar-refractivity contribution >= 4 is 11.8 Å². The molecular weight excluding hydrogens is 410 g/mol. The summed E-state index contributed by atoms with van der Waals surface area (Å²) in [5.74, 6) is 0.951. The lowest BCUT2D eigenvalue weighted by molar-refractivity contribution is -0.126. The van der Waals surface area contributed by atoms with Crippen molar-refractivity contribution in [1.29, 1.82) is 0 Å². The molecule has 1 atom stereocenters. The molecule has 0 spiro atoms. The molecule has 0 radical (unpaired) electrons. The first-order valence-corrected chi connectivity index (χ1v) is 10.6. The minimum Gasteiger partial charge on any atom is -0.454 e. The van der Waals surface area contributed by atoms with E-state index in [1.54, 1.807) is 23.4 Å². The van der Waals surface area contributed by atoms with Gasteiger partial charge in [0.25, 0.3) is 5.91 Å². The summed E-state index contributed by atoms with van der Waals surface area (Å²) < 4.78 is 10.7. The molecule has 5 rings (SSSR count). The van der Waals surface area contributed by atoms with Crippen LogP contribution >= 0.6 is 0 Å². The molecule has 9 nitrogen and oxygen atoms in total. The largest absolute Gasteiger partial charge is 0.454 e. The van der Waals surface area contributed by atoms with Crippen molar-refractivity contribution in [3.8, 4) is 22.8 Å². The first kappa shape index (κ1) is 20.0. The molecule has 0 saturated carbocycles. The van der Waals surface area contributed by atoms with Gasteiger partial charge in [0.15, 0.2) is 11.5 Å². The van der Waals surface area contributed by atoms with E-state index >= 15 is 0 Å². The van der Waals surface area contributed by atoms with Crippen LogP contribution in [0.3, 0.4) is 0 Å². The summed E-state index contributed by atoms with van der Waals surface area (Å²) in [5.41, 5.74) is 2.84. The van der Waals surface area contributed by atoms with Gasteiger partial charge in [0.05, 0.1) is 11.6 Å². The lowest BCUT2D eigenvalue weighted by Gasteiger charge is -2.31. The molecule has 32 heavy (non-hydrogen) atoms. The predicted molar refractivity (Wildman–Crippen MR) is 115 cm³/mol. The second kappa shape index (κ2) is 8.70. The number of carbonyl (C=O) groups excluding carboxylic acids is 2. The highest BCUT2D eigenvalue weighted by molar-refractivity contribution is 5.94. The van der Waals surface area contributed by atoms with Gasteiger partial charge in [0, 0.05) is 37.6 Å². The molecule has 2 aliphatic heterocycles. The summed E-state index contributed by atoms with van der Waals surface area (Å²) in [5, 5.41) is 10.0. The smallest absolute Gasteiger partial charge is 0.271 e. The molecule has 0 unspecified atom stereocenters. The molecule has 164 valence electrons. The van der Waals surface area contributed by atoms with Gasteiger partial charge in [-0.05, 0) is 48.7 Å². The first-order valence-electron chi connectivity index (χ1n) is 10.6. The van der Waals surface area contributed by atoms with Crippen LogP contribution in [-0.2, 0) is 11.3 Å². The van der Waals surface area contributed by atoms with Crippen LogP contribution in [0.15, 0.2) is 48.8 Å². The normalized spacial score (nSPS) is 17.2. The van der Waals surface area contributed by atoms with E-state index in [1.807, 2.05) is 30.3 Å². The molecule has 2 aromatic heterocycles. The van der Waals surface area contributed by atoms with Gasteiger partial charge in [-0.15, -0.1) is 0 Å². The number of H-pyrrole nitrogens is 1. The number of benzene rings is 1. The van der Waals surface area contributed by atoms with Gasteiger partial charge in [0.2, 0.25) is 12.7 Å². The van der Waals surface area contributed by atoms with Gasteiger partial charge in [-0.1, -0.05) is 6.07 Å². The van der Waals surface area contributed by atoms with Crippen LogP contribution in [-0.4, -0.2) is 51.8 Å². The number of aromatic amines is 1. The number of aromatic nitrogens is 3. The second-order valence-electron chi connectivity index (χ2n) is 7.90. The van der Waals surface area contributed by atoms with E-state index in [2.05, 4.69) is 20.5 Å². The number of amides is 2. The third-order valence-corrected chi connectivity index (χ3v) is 5.75. The number of ether oxygens (including phenoxy) is 2. The molecule has 4 heterocycles. The number of hydrogen-bond donors (Lipinski definition) is 2. The number of likely N-dealkylation sites (tertiary alicyclic amines) is 1. The highest BCUT2D eigenvalue weighted by Crippen LogP contribution is 2.32. The van der Waals surface area contributed by atoms with Crippen LogP contribution in [0.5, 0.6) is 11.5 Å². The van der Waals surface area contributed by atoms with E-state index in [0.717, 1.165) is 24.0 Å². The topological polar surface area (TPSA) is 109 Å². The SMILES string of the molecule is O=C(NCc1ccc2c(c1)OCO2)[C@@H]1CCCN(C(=O)c2cc(-c3cccnc3)n[nH]2)C1. The number of nitrogens with zero attached hydrogens (tertiary/aromatic N) is 3. The molecule has 2 N–H and O–H groups in total. The summed E-state index contributed by atoms with van der Waals surface area (Å²) >= 11 is 0. The zero-order valence-electron chi connectivity index (χ0n) is 17.4. The Hall–Kier alpha value is -3.88. The van der Waals surface area contributed by atoms with E-state index in [-0.39, 0.29) is 24.5 Å². The Balaban J connectivity index is 1.19. The molecule has 3 aromatic rings. The average Bonchev–Trinajstić information content (AvgIpc) is 3.52. The number of carbonyl (C=O) groups is 2. The number of hydrogen-bond acceptors (Lipinski definition) is 6. The lowest BCUT2D eigenvalue weighted by Crippen LogP contribution is -2.45. The molecule has 1 aromatic carbocycles. The average molecular weight is 433 g/mol. The highest BCUT2D eigenvalue weighted by atomic mass is 16.7. The maximum absolute atomic E-state index is 13.0. The lowest BCUT2D eigenvalue weighted by atomic mass is 9.96. The van der Waals surface area contributed by atoms with Gasteiger partial charge >= 0.3 is 0 Å². The molecular formula is C23H23N5O4. The fourth-order valence-corrected chi connectivity index (χ4v) is 4.02.